The van der Waals surface area contributed by atoms with Crippen LogP contribution in [0.5, 0.6) is 0 Å². The maximum Gasteiger partial charge on any atom is 0.334 e. The van der Waals surface area contributed by atoms with Crippen molar-refractivity contribution in [2.45, 2.75) is 12.7 Å². The predicted molar refractivity (Wildman–Crippen MR) is 52.3 cm³/mol. The fourth-order valence-corrected chi connectivity index (χ4v) is 1.60. The zero-order valence-corrected chi connectivity index (χ0v) is 7.97. The standard InChI is InChI=1S/C10H9F3N2/c1-10(11)6-8(14)7-4-2-3-5-9(7)15(10,12)13/h2-6,14H,1H3. The SMILES string of the molecule is CC1(F)C=C([NH-])c2ccccc2[N+]1(F)F. The minimum Gasteiger partial charge on any atom is -0.698 e. The molecule has 2 rings (SSSR count). The Morgan fingerprint density at radius 2 is 1.87 bits per heavy atom. The van der Waals surface area contributed by atoms with Crippen LogP contribution in [0.4, 0.5) is 19.0 Å². The van der Waals surface area contributed by atoms with Crippen LogP contribution in [-0.4, -0.2) is 5.79 Å². The Kier molecular flexibility index (Phi) is 1.85. The summed E-state index contributed by atoms with van der Waals surface area (Å²) in [5, 5.41) is 0. The van der Waals surface area contributed by atoms with E-state index in [1.54, 1.807) is 6.07 Å². The number of halogens is 3. The van der Waals surface area contributed by atoms with E-state index in [9.17, 15) is 13.4 Å². The van der Waals surface area contributed by atoms with Crippen LogP contribution in [0, 0.1) is 0 Å². The van der Waals surface area contributed by atoms with Crippen molar-refractivity contribution in [2.75, 3.05) is 0 Å². The molecule has 0 aliphatic carbocycles. The maximum absolute atomic E-state index is 13.6. The lowest BCUT2D eigenvalue weighted by Crippen LogP contribution is -2.50. The highest BCUT2D eigenvalue weighted by Gasteiger charge is 2.57. The molecule has 0 saturated carbocycles. The first kappa shape index (κ1) is 10.0. The molecule has 1 aromatic carbocycles. The number of quaternary nitrogens is 1. The molecule has 1 aromatic rings. The number of fused-ring (bicyclic) bond motifs is 1. The van der Waals surface area contributed by atoms with Gasteiger partial charge in [-0.15, -0.1) is 5.70 Å². The largest absolute Gasteiger partial charge is 0.698 e. The molecule has 1 aliphatic rings. The molecule has 0 spiro atoms. The highest BCUT2D eigenvalue weighted by Crippen LogP contribution is 2.46. The molecular weight excluding hydrogens is 205 g/mol. The van der Waals surface area contributed by atoms with Gasteiger partial charge in [-0.2, -0.15) is 4.39 Å². The van der Waals surface area contributed by atoms with Crippen molar-refractivity contribution in [3.05, 3.63) is 41.6 Å². The summed E-state index contributed by atoms with van der Waals surface area (Å²) in [6.07, 6.45) is 0.634. The maximum atomic E-state index is 13.6. The molecule has 15 heavy (non-hydrogen) atoms. The van der Waals surface area contributed by atoms with Gasteiger partial charge in [0, 0.05) is 24.6 Å². The van der Waals surface area contributed by atoms with Crippen molar-refractivity contribution in [1.82, 2.24) is 4.93 Å². The topological polar surface area (TPSA) is 23.8 Å². The summed E-state index contributed by atoms with van der Waals surface area (Å²) >= 11 is 0. The van der Waals surface area contributed by atoms with Gasteiger partial charge in [-0.3, -0.25) is 0 Å². The van der Waals surface area contributed by atoms with Gasteiger partial charge in [-0.1, -0.05) is 12.1 Å². The molecule has 1 N–H and O–H groups in total. The molecule has 0 radical (unpaired) electrons. The Labute approximate surface area is 84.9 Å². The lowest BCUT2D eigenvalue weighted by molar-refractivity contribution is -0.238. The third kappa shape index (κ3) is 1.23. The van der Waals surface area contributed by atoms with E-state index in [-0.39, 0.29) is 11.3 Å². The van der Waals surface area contributed by atoms with Gasteiger partial charge in [0.05, 0.1) is 8.96 Å². The number of nitrogens with zero attached hydrogens (tertiary/aromatic N) is 1. The summed E-state index contributed by atoms with van der Waals surface area (Å²) in [5.74, 6) is -2.86. The van der Waals surface area contributed by atoms with Crippen LogP contribution < -0.4 is 4.93 Å². The van der Waals surface area contributed by atoms with Crippen LogP contribution in [-0.2, 0) is 0 Å². The summed E-state index contributed by atoms with van der Waals surface area (Å²) in [7, 11) is 0. The third-order valence-electron chi connectivity index (χ3n) is 2.45. The zero-order chi connectivity index (χ0) is 11.3. The first-order valence-corrected chi connectivity index (χ1v) is 4.38. The molecule has 0 aromatic heterocycles. The minimum atomic E-state index is -2.87. The van der Waals surface area contributed by atoms with Crippen LogP contribution >= 0.6 is 0 Å². The van der Waals surface area contributed by atoms with Crippen molar-refractivity contribution in [1.29, 1.82) is 0 Å². The molecule has 0 saturated heterocycles. The number of hydrogen-bond donors (Lipinski definition) is 0. The number of hydrogen-bond acceptors (Lipinski definition) is 0. The number of alkyl halides is 1. The first-order chi connectivity index (χ1) is 6.86. The van der Waals surface area contributed by atoms with Gasteiger partial charge in [-0.25, -0.2) is 0 Å². The van der Waals surface area contributed by atoms with Crippen LogP contribution in [0.2, 0.25) is 0 Å². The Balaban J connectivity index is 2.73. The lowest BCUT2D eigenvalue weighted by Gasteiger charge is -2.31. The van der Waals surface area contributed by atoms with Crippen LogP contribution in [0.1, 0.15) is 12.5 Å². The molecule has 0 fully saturated rings. The minimum absolute atomic E-state index is 0.0672. The second-order valence-electron chi connectivity index (χ2n) is 3.61. The number of benzene rings is 1. The summed E-state index contributed by atoms with van der Waals surface area (Å²) in [5.41, 5.74) is 6.85. The van der Waals surface area contributed by atoms with Gasteiger partial charge in [0.2, 0.25) is 5.69 Å². The van der Waals surface area contributed by atoms with E-state index in [0.29, 0.717) is 6.08 Å². The Bertz CT molecular complexity index is 438. The van der Waals surface area contributed by atoms with Gasteiger partial charge >= 0.3 is 5.79 Å². The molecule has 80 valence electrons. The normalized spacial score (nSPS) is 28.1. The summed E-state index contributed by atoms with van der Waals surface area (Å²) < 4.78 is 40.8. The number of para-hydroxylation sites is 1. The molecule has 1 atom stereocenters. The molecular formula is C10H9F3N2. The average molecular weight is 214 g/mol. The molecule has 1 aliphatic heterocycles. The highest BCUT2D eigenvalue weighted by molar-refractivity contribution is 5.81. The van der Waals surface area contributed by atoms with Crippen LogP contribution in [0.25, 0.3) is 11.4 Å². The van der Waals surface area contributed by atoms with E-state index in [2.05, 4.69) is 0 Å². The molecule has 0 amide bonds. The molecule has 0 bridgehead atoms. The van der Waals surface area contributed by atoms with Crippen molar-refractivity contribution >= 4 is 11.4 Å². The third-order valence-corrected chi connectivity index (χ3v) is 2.45. The highest BCUT2D eigenvalue weighted by atomic mass is 19.4. The second-order valence-corrected chi connectivity index (χ2v) is 3.61. The van der Waals surface area contributed by atoms with Gasteiger partial charge in [-0.05, 0) is 6.07 Å². The average Bonchev–Trinajstić information content (AvgIpc) is 2.15. The van der Waals surface area contributed by atoms with Crippen molar-refractivity contribution < 1.29 is 13.4 Å². The smallest absolute Gasteiger partial charge is 0.334 e. The lowest BCUT2D eigenvalue weighted by atomic mass is 10.0. The van der Waals surface area contributed by atoms with Crippen LogP contribution in [0.3, 0.4) is 0 Å². The second kappa shape index (κ2) is 2.76. The van der Waals surface area contributed by atoms with Gasteiger partial charge in [0.15, 0.2) is 0 Å². The summed E-state index contributed by atoms with van der Waals surface area (Å²) in [4.78, 5) is -2.87. The number of nitrogens with one attached hydrogen (secondary N) is 1. The van der Waals surface area contributed by atoms with Crippen molar-refractivity contribution in [3.8, 4) is 0 Å². The summed E-state index contributed by atoms with van der Waals surface area (Å²) in [6.45, 7) is 0.761. The Morgan fingerprint density at radius 1 is 1.27 bits per heavy atom. The number of rotatable bonds is 0. The van der Waals surface area contributed by atoms with E-state index >= 15 is 0 Å². The zero-order valence-electron chi connectivity index (χ0n) is 7.97. The van der Waals surface area contributed by atoms with Gasteiger partial charge in [0.1, 0.15) is 4.93 Å². The first-order valence-electron chi connectivity index (χ1n) is 4.38. The fraction of sp³-hybridized carbons (Fsp3) is 0.200. The van der Waals surface area contributed by atoms with Crippen molar-refractivity contribution in [3.63, 3.8) is 0 Å². The monoisotopic (exact) mass is 214 g/mol. The molecule has 1 unspecified atom stereocenters. The predicted octanol–water partition coefficient (Wildman–Crippen LogP) is 3.86. The van der Waals surface area contributed by atoms with Crippen molar-refractivity contribution in [2.24, 2.45) is 0 Å². The van der Waals surface area contributed by atoms with Crippen LogP contribution in [0.15, 0.2) is 30.3 Å². The van der Waals surface area contributed by atoms with E-state index in [1.807, 2.05) is 0 Å². The van der Waals surface area contributed by atoms with E-state index in [4.69, 9.17) is 5.73 Å². The van der Waals surface area contributed by atoms with E-state index < -0.39 is 16.4 Å². The fourth-order valence-electron chi connectivity index (χ4n) is 1.60. The summed E-state index contributed by atoms with van der Waals surface area (Å²) in [6, 6.07) is 5.46. The van der Waals surface area contributed by atoms with E-state index in [1.165, 1.54) is 12.1 Å². The van der Waals surface area contributed by atoms with E-state index in [0.717, 1.165) is 13.0 Å². The molecule has 1 heterocycles. The van der Waals surface area contributed by atoms with Gasteiger partial charge < -0.3 is 5.73 Å². The molecule has 5 heteroatoms. The Hall–Kier alpha value is -1.49. The quantitative estimate of drug-likeness (QED) is 0.462. The Morgan fingerprint density at radius 3 is 2.53 bits per heavy atom. The van der Waals surface area contributed by atoms with Gasteiger partial charge in [0.25, 0.3) is 0 Å². The molecule has 2 nitrogen and oxygen atoms in total.